The van der Waals surface area contributed by atoms with E-state index >= 15 is 0 Å². The van der Waals surface area contributed by atoms with Crippen molar-refractivity contribution in [3.63, 3.8) is 0 Å². The Morgan fingerprint density at radius 1 is 1.03 bits per heavy atom. The zero-order chi connectivity index (χ0) is 26.6. The lowest BCUT2D eigenvalue weighted by molar-refractivity contribution is -0.151. The smallest absolute Gasteiger partial charge is 0.408 e. The predicted molar refractivity (Wildman–Crippen MR) is 131 cm³/mol. The minimum Gasteiger partial charge on any atom is -0.480 e. The highest BCUT2D eigenvalue weighted by atomic mass is 16.6. The van der Waals surface area contributed by atoms with Crippen LogP contribution in [0.15, 0.2) is 30.3 Å². The minimum absolute atomic E-state index is 0.163. The molecular weight excluding hydrogens is 454 g/mol. The number of aliphatic carboxylic acids is 1. The lowest BCUT2D eigenvalue weighted by Gasteiger charge is -2.31. The molecule has 2 atom stereocenters. The molecule has 0 saturated heterocycles. The Morgan fingerprint density at radius 2 is 1.66 bits per heavy atom. The highest BCUT2D eigenvalue weighted by Gasteiger charge is 2.34. The van der Waals surface area contributed by atoms with E-state index in [1.54, 1.807) is 34.6 Å². The molecule has 0 heterocycles. The molecule has 0 fully saturated rings. The van der Waals surface area contributed by atoms with Crippen LogP contribution in [0, 0.1) is 5.92 Å². The Labute approximate surface area is 207 Å². The number of carboxylic acid groups (broad SMARTS) is 1. The van der Waals surface area contributed by atoms with Gasteiger partial charge in [0, 0.05) is 13.6 Å². The van der Waals surface area contributed by atoms with Crippen LogP contribution in [-0.4, -0.2) is 65.3 Å². The number of nitrogens with one attached hydrogen (secondary N) is 2. The molecular formula is C25H39N3O7. The zero-order valence-electron chi connectivity index (χ0n) is 21.5. The van der Waals surface area contributed by atoms with Gasteiger partial charge in [-0.05, 0) is 51.5 Å². The fourth-order valence-electron chi connectivity index (χ4n) is 3.43. The summed E-state index contributed by atoms with van der Waals surface area (Å²) in [5, 5.41) is 14.8. The van der Waals surface area contributed by atoms with Crippen LogP contribution < -0.4 is 10.6 Å². The van der Waals surface area contributed by atoms with Crippen molar-refractivity contribution in [1.29, 1.82) is 0 Å². The molecule has 0 aliphatic rings. The predicted octanol–water partition coefficient (Wildman–Crippen LogP) is 3.54. The number of benzene rings is 1. The van der Waals surface area contributed by atoms with E-state index in [0.717, 1.165) is 10.5 Å². The molecule has 10 nitrogen and oxygen atoms in total. The standard InChI is InChI=1S/C25H39N3O7/c1-17(2)20(22(30)31)28(6)21(29)19(27-24(33)35-25(3,4)5)14-10-11-15-26-23(32)34-16-18-12-8-7-9-13-18/h7-9,12-13,17,19-20H,10-11,14-16H2,1-6H3,(H,26,32)(H,27,33)(H,30,31)/t19-,20+/m0/s1. The van der Waals surface area contributed by atoms with Gasteiger partial charge in [-0.15, -0.1) is 0 Å². The Kier molecular flexibility index (Phi) is 12.0. The second-order valence-corrected chi connectivity index (χ2v) is 9.66. The summed E-state index contributed by atoms with van der Waals surface area (Å²) in [6.45, 7) is 9.02. The van der Waals surface area contributed by atoms with Crippen LogP contribution in [0.3, 0.4) is 0 Å². The van der Waals surface area contributed by atoms with Crippen LogP contribution in [0.25, 0.3) is 0 Å². The van der Waals surface area contributed by atoms with E-state index in [0.29, 0.717) is 19.4 Å². The third kappa shape index (κ3) is 11.6. The molecule has 0 radical (unpaired) electrons. The van der Waals surface area contributed by atoms with Gasteiger partial charge in [0.2, 0.25) is 5.91 Å². The van der Waals surface area contributed by atoms with E-state index in [1.165, 1.54) is 7.05 Å². The first-order valence-electron chi connectivity index (χ1n) is 11.8. The van der Waals surface area contributed by atoms with Crippen molar-refractivity contribution in [2.45, 2.75) is 78.2 Å². The first kappa shape index (κ1) is 29.7. The lowest BCUT2D eigenvalue weighted by atomic mass is 10.0. The topological polar surface area (TPSA) is 134 Å². The van der Waals surface area contributed by atoms with E-state index in [1.807, 2.05) is 30.3 Å². The summed E-state index contributed by atoms with van der Waals surface area (Å²) in [7, 11) is 1.41. The molecule has 0 aromatic heterocycles. The number of carbonyl (C=O) groups excluding carboxylic acids is 3. The molecule has 0 spiro atoms. The van der Waals surface area contributed by atoms with Crippen LogP contribution in [0.5, 0.6) is 0 Å². The molecule has 0 bridgehead atoms. The Balaban J connectivity index is 2.64. The maximum atomic E-state index is 13.1. The fourth-order valence-corrected chi connectivity index (χ4v) is 3.43. The average molecular weight is 494 g/mol. The largest absolute Gasteiger partial charge is 0.480 e. The molecule has 1 rings (SSSR count). The van der Waals surface area contributed by atoms with Crippen LogP contribution in [0.1, 0.15) is 59.4 Å². The number of likely N-dealkylation sites (N-methyl/N-ethyl adjacent to an activating group) is 1. The van der Waals surface area contributed by atoms with Crippen molar-refractivity contribution in [3.05, 3.63) is 35.9 Å². The van der Waals surface area contributed by atoms with E-state index in [4.69, 9.17) is 9.47 Å². The number of hydrogen-bond donors (Lipinski definition) is 3. The minimum atomic E-state index is -1.12. The first-order valence-corrected chi connectivity index (χ1v) is 11.8. The van der Waals surface area contributed by atoms with Gasteiger partial charge in [-0.2, -0.15) is 0 Å². The Hall–Kier alpha value is -3.30. The number of ether oxygens (including phenoxy) is 2. The van der Waals surface area contributed by atoms with Crippen molar-refractivity contribution in [1.82, 2.24) is 15.5 Å². The first-order chi connectivity index (χ1) is 16.3. The molecule has 1 aromatic rings. The lowest BCUT2D eigenvalue weighted by Crippen LogP contribution is -2.54. The summed E-state index contributed by atoms with van der Waals surface area (Å²) >= 11 is 0. The molecule has 0 unspecified atom stereocenters. The van der Waals surface area contributed by atoms with Crippen LogP contribution >= 0.6 is 0 Å². The molecule has 10 heteroatoms. The normalized spacial score (nSPS) is 12.9. The molecule has 1 aromatic carbocycles. The summed E-state index contributed by atoms with van der Waals surface area (Å²) in [6, 6.07) is 7.29. The van der Waals surface area contributed by atoms with Crippen molar-refractivity contribution >= 4 is 24.1 Å². The van der Waals surface area contributed by atoms with Crippen LogP contribution in [0.2, 0.25) is 0 Å². The van der Waals surface area contributed by atoms with Crippen molar-refractivity contribution in [2.24, 2.45) is 5.92 Å². The average Bonchev–Trinajstić information content (AvgIpc) is 2.75. The number of amides is 3. The van der Waals surface area contributed by atoms with Gasteiger partial charge < -0.3 is 30.1 Å². The van der Waals surface area contributed by atoms with E-state index < -0.39 is 41.7 Å². The number of nitrogens with zero attached hydrogens (tertiary/aromatic N) is 1. The van der Waals surface area contributed by atoms with E-state index in [-0.39, 0.29) is 18.9 Å². The molecule has 35 heavy (non-hydrogen) atoms. The van der Waals surface area contributed by atoms with Crippen molar-refractivity contribution in [2.75, 3.05) is 13.6 Å². The summed E-state index contributed by atoms with van der Waals surface area (Å²) in [5.74, 6) is -1.97. The van der Waals surface area contributed by atoms with Crippen molar-refractivity contribution < 1.29 is 33.8 Å². The maximum Gasteiger partial charge on any atom is 0.408 e. The molecule has 3 amide bonds. The monoisotopic (exact) mass is 493 g/mol. The van der Waals surface area contributed by atoms with Gasteiger partial charge >= 0.3 is 18.2 Å². The molecule has 0 saturated carbocycles. The van der Waals surface area contributed by atoms with Crippen LogP contribution in [-0.2, 0) is 25.7 Å². The second kappa shape index (κ2) is 14.2. The summed E-state index contributed by atoms with van der Waals surface area (Å²) in [6.07, 6.45) is -0.0553. The highest BCUT2D eigenvalue weighted by molar-refractivity contribution is 5.89. The van der Waals surface area contributed by atoms with Gasteiger partial charge in [-0.1, -0.05) is 44.2 Å². The molecule has 3 N–H and O–H groups in total. The van der Waals surface area contributed by atoms with Gasteiger partial charge in [-0.25, -0.2) is 14.4 Å². The summed E-state index contributed by atoms with van der Waals surface area (Å²) in [4.78, 5) is 50.1. The number of carbonyl (C=O) groups is 4. The summed E-state index contributed by atoms with van der Waals surface area (Å²) < 4.78 is 10.4. The molecule has 196 valence electrons. The number of alkyl carbamates (subject to hydrolysis) is 2. The third-order valence-electron chi connectivity index (χ3n) is 5.04. The van der Waals surface area contributed by atoms with Gasteiger partial charge in [0.1, 0.15) is 24.3 Å². The summed E-state index contributed by atoms with van der Waals surface area (Å²) in [5.41, 5.74) is 0.122. The highest BCUT2D eigenvalue weighted by Crippen LogP contribution is 2.14. The maximum absolute atomic E-state index is 13.1. The van der Waals surface area contributed by atoms with Crippen LogP contribution in [0.4, 0.5) is 9.59 Å². The van der Waals surface area contributed by atoms with Gasteiger partial charge in [0.15, 0.2) is 0 Å². The number of hydrogen-bond acceptors (Lipinski definition) is 6. The van der Waals surface area contributed by atoms with Gasteiger partial charge in [0.25, 0.3) is 0 Å². The Morgan fingerprint density at radius 3 is 2.20 bits per heavy atom. The van der Waals surface area contributed by atoms with Crippen molar-refractivity contribution in [3.8, 4) is 0 Å². The number of rotatable bonds is 12. The number of unbranched alkanes of at least 4 members (excludes halogenated alkanes) is 1. The quantitative estimate of drug-likeness (QED) is 0.379. The second-order valence-electron chi connectivity index (χ2n) is 9.66. The Bertz CT molecular complexity index is 837. The van der Waals surface area contributed by atoms with Gasteiger partial charge in [0.05, 0.1) is 0 Å². The van der Waals surface area contributed by atoms with E-state index in [9.17, 15) is 24.3 Å². The zero-order valence-corrected chi connectivity index (χ0v) is 21.5. The molecule has 0 aliphatic carbocycles. The van der Waals surface area contributed by atoms with E-state index in [2.05, 4.69) is 10.6 Å². The molecule has 0 aliphatic heterocycles. The third-order valence-corrected chi connectivity index (χ3v) is 5.04. The SMILES string of the molecule is CC(C)[C@H](C(=O)O)N(C)C(=O)[C@H](CCCCNC(=O)OCc1ccccc1)NC(=O)OC(C)(C)C. The van der Waals surface area contributed by atoms with Gasteiger partial charge in [-0.3, -0.25) is 4.79 Å². The fraction of sp³-hybridized carbons (Fsp3) is 0.600. The number of carboxylic acids is 1.